The number of rotatable bonds is 0. The molecular weight excluding hydrogens is 185 g/mol. The van der Waals surface area contributed by atoms with Crippen molar-refractivity contribution in [3.05, 3.63) is 0 Å². The minimum Gasteiger partial charge on any atom is -0.141 e. The molecule has 0 atom stereocenters. The van der Waals surface area contributed by atoms with Gasteiger partial charge in [-0.3, -0.25) is 0 Å². The van der Waals surface area contributed by atoms with Crippen LogP contribution in [0.25, 0.3) is 0 Å². The summed E-state index contributed by atoms with van der Waals surface area (Å²) in [4.78, 5) is 0. The summed E-state index contributed by atoms with van der Waals surface area (Å²) >= 11 is 8.85. The first-order valence-corrected chi connectivity index (χ1v) is 6.13. The molecule has 0 rings (SSSR count). The van der Waals surface area contributed by atoms with E-state index in [0.29, 0.717) is 0 Å². The summed E-state index contributed by atoms with van der Waals surface area (Å²) < 4.78 is 0. The van der Waals surface area contributed by atoms with Crippen molar-refractivity contribution in [3.63, 3.8) is 0 Å². The number of thiol groups is 1. The molecule has 0 bridgehead atoms. The van der Waals surface area contributed by atoms with Gasteiger partial charge in [0, 0.05) is 19.5 Å². The third kappa shape index (κ3) is 45.6. The van der Waals surface area contributed by atoms with Gasteiger partial charge in [-0.2, -0.15) is 0 Å². The summed E-state index contributed by atoms with van der Waals surface area (Å²) in [5.41, 5.74) is 0. The van der Waals surface area contributed by atoms with Crippen LogP contribution in [0.5, 0.6) is 0 Å². The van der Waals surface area contributed by atoms with Crippen molar-refractivity contribution < 1.29 is 19.5 Å². The molecule has 0 aliphatic heterocycles. The number of hydrogen-bond donors (Lipinski definition) is 1. The predicted molar refractivity (Wildman–Crippen MR) is 35.1 cm³/mol. The molecular formula is C2H7PS2Zn. The Morgan fingerprint density at radius 1 is 1.50 bits per heavy atom. The molecule has 0 aliphatic carbocycles. The predicted octanol–water partition coefficient (Wildman–Crippen LogP) is 1.57. The van der Waals surface area contributed by atoms with Gasteiger partial charge in [0.2, 0.25) is 0 Å². The average molecular weight is 192 g/mol. The normalized spacial score (nSPS) is 9.83. The van der Waals surface area contributed by atoms with Crippen LogP contribution in [0.4, 0.5) is 0 Å². The van der Waals surface area contributed by atoms with Crippen LogP contribution < -0.4 is 0 Å². The Morgan fingerprint density at radius 2 is 1.50 bits per heavy atom. The zero-order valence-electron chi connectivity index (χ0n) is 4.01. The van der Waals surface area contributed by atoms with Crippen molar-refractivity contribution in [1.29, 1.82) is 0 Å². The van der Waals surface area contributed by atoms with Gasteiger partial charge >= 0.3 is 0 Å². The van der Waals surface area contributed by atoms with E-state index in [1.165, 1.54) is 0 Å². The molecule has 0 aliphatic rings. The van der Waals surface area contributed by atoms with Gasteiger partial charge < -0.3 is 0 Å². The van der Waals surface area contributed by atoms with Gasteiger partial charge in [-0.1, -0.05) is 11.8 Å². The van der Waals surface area contributed by atoms with Crippen LogP contribution in [0.3, 0.4) is 0 Å². The maximum atomic E-state index is 4.80. The molecule has 0 fully saturated rings. The van der Waals surface area contributed by atoms with E-state index in [0.717, 1.165) is 0 Å². The van der Waals surface area contributed by atoms with E-state index >= 15 is 0 Å². The zero-order valence-corrected chi connectivity index (χ0v) is 9.58. The fourth-order valence-corrected chi connectivity index (χ4v) is 0. The van der Waals surface area contributed by atoms with Crippen LogP contribution in [0.15, 0.2) is 0 Å². The van der Waals surface area contributed by atoms with E-state index in [4.69, 9.17) is 11.8 Å². The molecule has 4 heteroatoms. The topological polar surface area (TPSA) is 0 Å². The first-order valence-electron chi connectivity index (χ1n) is 1.28. The standard InChI is InChI=1S/C2H7PS2.Zn/c1-3(2,4)5;/h1-2H3,(H,4,5);. The molecule has 0 saturated heterocycles. The van der Waals surface area contributed by atoms with Crippen LogP contribution in [-0.4, -0.2) is 13.3 Å². The van der Waals surface area contributed by atoms with Gasteiger partial charge in [-0.05, 0) is 18.6 Å². The molecule has 0 nitrogen and oxygen atoms in total. The van der Waals surface area contributed by atoms with Crippen LogP contribution in [0.2, 0.25) is 0 Å². The molecule has 0 aromatic rings. The maximum Gasteiger partial charge on any atom is 0 e. The molecule has 0 heterocycles. The van der Waals surface area contributed by atoms with Gasteiger partial charge in [0.1, 0.15) is 0 Å². The summed E-state index contributed by atoms with van der Waals surface area (Å²) in [7, 11) is 0. The second-order valence-corrected chi connectivity index (χ2v) is 10.4. The molecule has 0 unspecified atom stereocenters. The van der Waals surface area contributed by atoms with E-state index in [2.05, 4.69) is 12.2 Å². The third-order valence-corrected chi connectivity index (χ3v) is 0. The zero-order chi connectivity index (χ0) is 4.50. The Kier molecular flexibility index (Phi) is 6.35. The minimum atomic E-state index is -1.11. The maximum absolute atomic E-state index is 4.80. The Labute approximate surface area is 62.0 Å². The van der Waals surface area contributed by atoms with Crippen molar-refractivity contribution in [2.24, 2.45) is 0 Å². The largest absolute Gasteiger partial charge is 0.141 e. The Bertz CT molecular complexity index is 57.7. The van der Waals surface area contributed by atoms with Gasteiger partial charge in [-0.15, -0.1) is 12.2 Å². The fraction of sp³-hybridized carbons (Fsp3) is 1.00. The quantitative estimate of drug-likeness (QED) is 0.345. The summed E-state index contributed by atoms with van der Waals surface area (Å²) in [6.07, 6.45) is 0. The van der Waals surface area contributed by atoms with E-state index in [1.807, 2.05) is 13.3 Å². The van der Waals surface area contributed by atoms with E-state index in [-0.39, 0.29) is 19.5 Å². The van der Waals surface area contributed by atoms with E-state index in [1.54, 1.807) is 0 Å². The first-order chi connectivity index (χ1) is 2.00. The SMILES string of the molecule is CP(C)(=S)S.[Zn]. The van der Waals surface area contributed by atoms with Crippen LogP contribution in [0, 0.1) is 0 Å². The molecule has 0 N–H and O–H groups in total. The van der Waals surface area contributed by atoms with Crippen LogP contribution in [0.1, 0.15) is 0 Å². The van der Waals surface area contributed by atoms with Crippen molar-refractivity contribution in [3.8, 4) is 0 Å². The van der Waals surface area contributed by atoms with Crippen molar-refractivity contribution in [1.82, 2.24) is 0 Å². The van der Waals surface area contributed by atoms with Gasteiger partial charge in [0.25, 0.3) is 0 Å². The molecule has 34 valence electrons. The average Bonchev–Trinajstić information content (AvgIpc) is 0.722. The molecule has 0 radical (unpaired) electrons. The Balaban J connectivity index is 0. The summed E-state index contributed by atoms with van der Waals surface area (Å²) in [5.74, 6) is 0. The molecule has 0 saturated carbocycles. The fourth-order valence-electron chi connectivity index (χ4n) is 0. The molecule has 0 aromatic carbocycles. The summed E-state index contributed by atoms with van der Waals surface area (Å²) in [6, 6.07) is 0. The van der Waals surface area contributed by atoms with Crippen molar-refractivity contribution in [2.75, 3.05) is 13.3 Å². The van der Waals surface area contributed by atoms with Crippen LogP contribution in [-0.2, 0) is 31.3 Å². The number of hydrogen-bond acceptors (Lipinski definition) is 1. The smallest absolute Gasteiger partial charge is 0 e. The first kappa shape index (κ1) is 10.6. The Morgan fingerprint density at radius 3 is 1.50 bits per heavy atom. The molecule has 0 amide bonds. The van der Waals surface area contributed by atoms with E-state index < -0.39 is 5.24 Å². The third-order valence-electron chi connectivity index (χ3n) is 0. The van der Waals surface area contributed by atoms with Crippen molar-refractivity contribution in [2.45, 2.75) is 0 Å². The van der Waals surface area contributed by atoms with E-state index in [9.17, 15) is 0 Å². The van der Waals surface area contributed by atoms with Gasteiger partial charge in [0.05, 0.1) is 0 Å². The van der Waals surface area contributed by atoms with Crippen LogP contribution >= 0.6 is 17.5 Å². The van der Waals surface area contributed by atoms with Gasteiger partial charge in [-0.25, -0.2) is 0 Å². The minimum absolute atomic E-state index is 0. The Hall–Kier alpha value is 1.62. The second-order valence-electron chi connectivity index (χ2n) is 1.29. The second kappa shape index (κ2) is 3.60. The molecule has 6 heavy (non-hydrogen) atoms. The summed E-state index contributed by atoms with van der Waals surface area (Å²) in [5, 5.41) is -1.11. The molecule has 0 aromatic heterocycles. The molecule has 0 spiro atoms. The van der Waals surface area contributed by atoms with Gasteiger partial charge in [0.15, 0.2) is 0 Å². The van der Waals surface area contributed by atoms with Crippen molar-refractivity contribution >= 4 is 29.3 Å². The summed E-state index contributed by atoms with van der Waals surface area (Å²) in [6.45, 7) is 3.96. The monoisotopic (exact) mass is 190 g/mol.